The van der Waals surface area contributed by atoms with Gasteiger partial charge in [-0.15, -0.1) is 0 Å². The number of nitrogens with one attached hydrogen (secondary N) is 1. The number of carbonyl (C=O) groups excluding carboxylic acids is 1. The molecule has 0 saturated carbocycles. The molecule has 2 aromatic carbocycles. The lowest BCUT2D eigenvalue weighted by Crippen LogP contribution is -2.38. The molecular weight excluding hydrogens is 387 g/mol. The number of anilines is 1. The Kier molecular flexibility index (Phi) is 5.39. The molecular formula is C22H23FN4O3. The Morgan fingerprint density at radius 2 is 2.07 bits per heavy atom. The number of halogens is 1. The second kappa shape index (κ2) is 8.14. The predicted octanol–water partition coefficient (Wildman–Crippen LogP) is 3.85. The van der Waals surface area contributed by atoms with E-state index in [2.05, 4.69) is 15.3 Å². The van der Waals surface area contributed by atoms with Gasteiger partial charge in [0.05, 0.1) is 23.2 Å². The molecule has 1 fully saturated rings. The number of rotatable bonds is 4. The number of aromatic hydroxyl groups is 1. The number of fused-ring (bicyclic) bond motifs is 1. The predicted molar refractivity (Wildman–Crippen MR) is 112 cm³/mol. The van der Waals surface area contributed by atoms with Crippen LogP contribution in [0.4, 0.5) is 15.0 Å². The van der Waals surface area contributed by atoms with E-state index in [4.69, 9.17) is 4.74 Å². The number of phenols is 1. The fourth-order valence-corrected chi connectivity index (χ4v) is 3.59. The van der Waals surface area contributed by atoms with Crippen LogP contribution in [0.25, 0.3) is 22.3 Å². The molecule has 1 aliphatic rings. The van der Waals surface area contributed by atoms with Crippen molar-refractivity contribution in [1.29, 1.82) is 0 Å². The Hall–Kier alpha value is -3.42. The summed E-state index contributed by atoms with van der Waals surface area (Å²) >= 11 is 0. The number of nitrogens with zero attached hydrogens (tertiary/aromatic N) is 3. The number of hydrogen-bond acceptors (Lipinski definition) is 6. The van der Waals surface area contributed by atoms with Gasteiger partial charge in [-0.05, 0) is 50.6 Å². The van der Waals surface area contributed by atoms with Gasteiger partial charge >= 0.3 is 6.09 Å². The average Bonchev–Trinajstić information content (AvgIpc) is 3.15. The Labute approximate surface area is 173 Å². The maximum atomic E-state index is 14.0. The smallest absolute Gasteiger partial charge is 0.407 e. The first-order chi connectivity index (χ1) is 14.4. The van der Waals surface area contributed by atoms with Crippen LogP contribution < -0.4 is 10.2 Å². The number of aromatic nitrogens is 2. The quantitative estimate of drug-likeness (QED) is 0.679. The SMILES string of the molecule is CC(C)OC(=O)N[C@@H]1CCN(c2nc(-c3ccccc3O)nc3ccc(F)cc23)C1. The lowest BCUT2D eigenvalue weighted by atomic mass is 10.1. The number of phenolic OH excluding ortho intramolecular Hbond substituents is 1. The number of amides is 1. The van der Waals surface area contributed by atoms with E-state index in [1.165, 1.54) is 12.1 Å². The van der Waals surface area contributed by atoms with Gasteiger partial charge in [0.15, 0.2) is 5.82 Å². The summed E-state index contributed by atoms with van der Waals surface area (Å²) in [6.07, 6.45) is 0.0580. The largest absolute Gasteiger partial charge is 0.507 e. The van der Waals surface area contributed by atoms with E-state index in [1.807, 2.05) is 4.90 Å². The minimum atomic E-state index is -0.453. The van der Waals surface area contributed by atoms with Crippen molar-refractivity contribution in [3.63, 3.8) is 0 Å². The van der Waals surface area contributed by atoms with Crippen molar-refractivity contribution in [2.45, 2.75) is 32.4 Å². The number of para-hydroxylation sites is 1. The fourth-order valence-electron chi connectivity index (χ4n) is 3.59. The molecule has 0 unspecified atom stereocenters. The lowest BCUT2D eigenvalue weighted by molar-refractivity contribution is 0.113. The van der Waals surface area contributed by atoms with Gasteiger partial charge in [0.1, 0.15) is 17.4 Å². The van der Waals surface area contributed by atoms with Crippen molar-refractivity contribution >= 4 is 22.8 Å². The zero-order chi connectivity index (χ0) is 21.3. The molecule has 8 heteroatoms. The third-order valence-electron chi connectivity index (χ3n) is 4.94. The highest BCUT2D eigenvalue weighted by Crippen LogP contribution is 2.33. The van der Waals surface area contributed by atoms with Crippen molar-refractivity contribution in [2.75, 3.05) is 18.0 Å². The summed E-state index contributed by atoms with van der Waals surface area (Å²) in [7, 11) is 0. The summed E-state index contributed by atoms with van der Waals surface area (Å²) in [6.45, 7) is 4.73. The van der Waals surface area contributed by atoms with Crippen LogP contribution in [0.15, 0.2) is 42.5 Å². The highest BCUT2D eigenvalue weighted by Gasteiger charge is 2.27. The molecule has 0 spiro atoms. The zero-order valence-electron chi connectivity index (χ0n) is 16.8. The average molecular weight is 410 g/mol. The number of benzene rings is 2. The molecule has 1 saturated heterocycles. The minimum Gasteiger partial charge on any atom is -0.507 e. The van der Waals surface area contributed by atoms with Gasteiger partial charge in [0.25, 0.3) is 0 Å². The Morgan fingerprint density at radius 3 is 2.83 bits per heavy atom. The van der Waals surface area contributed by atoms with Gasteiger partial charge in [0.2, 0.25) is 0 Å². The van der Waals surface area contributed by atoms with Crippen LogP contribution in [-0.2, 0) is 4.74 Å². The molecule has 1 atom stereocenters. The van der Waals surface area contributed by atoms with Crippen LogP contribution >= 0.6 is 0 Å². The summed E-state index contributed by atoms with van der Waals surface area (Å²) < 4.78 is 19.1. The van der Waals surface area contributed by atoms with Crippen LogP contribution in [0.3, 0.4) is 0 Å². The standard InChI is InChI=1S/C22H23FN4O3/c1-13(2)30-22(29)24-15-9-10-27(12-15)21-17-11-14(23)7-8-18(17)25-20(26-21)16-5-3-4-6-19(16)28/h3-8,11,13,15,28H,9-10,12H2,1-2H3,(H,24,29)/t15-/m1/s1. The summed E-state index contributed by atoms with van der Waals surface area (Å²) in [5.74, 6) is 0.622. The highest BCUT2D eigenvalue weighted by molar-refractivity contribution is 5.91. The van der Waals surface area contributed by atoms with E-state index in [-0.39, 0.29) is 23.7 Å². The maximum Gasteiger partial charge on any atom is 0.407 e. The van der Waals surface area contributed by atoms with Gasteiger partial charge < -0.3 is 20.1 Å². The van der Waals surface area contributed by atoms with Gasteiger partial charge in [-0.3, -0.25) is 0 Å². The molecule has 1 aromatic heterocycles. The van der Waals surface area contributed by atoms with Gasteiger partial charge in [-0.2, -0.15) is 0 Å². The number of alkyl carbamates (subject to hydrolysis) is 1. The molecule has 30 heavy (non-hydrogen) atoms. The summed E-state index contributed by atoms with van der Waals surface area (Å²) in [5, 5.41) is 13.7. The molecule has 156 valence electrons. The molecule has 0 radical (unpaired) electrons. The lowest BCUT2D eigenvalue weighted by Gasteiger charge is -2.21. The van der Waals surface area contributed by atoms with Gasteiger partial charge in [-0.1, -0.05) is 12.1 Å². The second-order valence-corrected chi connectivity index (χ2v) is 7.58. The van der Waals surface area contributed by atoms with Crippen LogP contribution in [-0.4, -0.2) is 46.4 Å². The van der Waals surface area contributed by atoms with Crippen molar-refractivity contribution in [3.05, 3.63) is 48.3 Å². The van der Waals surface area contributed by atoms with Crippen LogP contribution in [0.5, 0.6) is 5.75 Å². The van der Waals surface area contributed by atoms with E-state index in [0.717, 1.165) is 0 Å². The van der Waals surface area contributed by atoms with Crippen molar-refractivity contribution < 1.29 is 19.0 Å². The molecule has 0 bridgehead atoms. The highest BCUT2D eigenvalue weighted by atomic mass is 19.1. The Morgan fingerprint density at radius 1 is 1.27 bits per heavy atom. The summed E-state index contributed by atoms with van der Waals surface area (Å²) in [6, 6.07) is 11.1. The summed E-state index contributed by atoms with van der Waals surface area (Å²) in [4.78, 5) is 23.1. The van der Waals surface area contributed by atoms with Crippen molar-refractivity contribution in [1.82, 2.24) is 15.3 Å². The normalized spacial score (nSPS) is 16.3. The Bertz CT molecular complexity index is 1090. The number of hydrogen-bond donors (Lipinski definition) is 2. The van der Waals surface area contributed by atoms with E-state index in [9.17, 15) is 14.3 Å². The number of ether oxygens (including phenoxy) is 1. The van der Waals surface area contributed by atoms with Crippen LogP contribution in [0.2, 0.25) is 0 Å². The molecule has 1 aliphatic heterocycles. The monoisotopic (exact) mass is 410 g/mol. The van der Waals surface area contributed by atoms with Crippen LogP contribution in [0.1, 0.15) is 20.3 Å². The van der Waals surface area contributed by atoms with Crippen LogP contribution in [0, 0.1) is 5.82 Å². The third kappa shape index (κ3) is 4.12. The summed E-state index contributed by atoms with van der Waals surface area (Å²) in [5.41, 5.74) is 1.08. The minimum absolute atomic E-state index is 0.0716. The fraction of sp³-hybridized carbons (Fsp3) is 0.318. The Balaban J connectivity index is 1.68. The molecule has 3 aromatic rings. The molecule has 4 rings (SSSR count). The van der Waals surface area contributed by atoms with Gasteiger partial charge in [0, 0.05) is 18.5 Å². The second-order valence-electron chi connectivity index (χ2n) is 7.58. The van der Waals surface area contributed by atoms with E-state index >= 15 is 0 Å². The molecule has 7 nitrogen and oxygen atoms in total. The zero-order valence-corrected chi connectivity index (χ0v) is 16.8. The van der Waals surface area contributed by atoms with Gasteiger partial charge in [-0.25, -0.2) is 19.2 Å². The van der Waals surface area contributed by atoms with E-state index in [0.29, 0.717) is 47.6 Å². The first-order valence-corrected chi connectivity index (χ1v) is 9.88. The van der Waals surface area contributed by atoms with Crippen molar-refractivity contribution in [3.8, 4) is 17.1 Å². The maximum absolute atomic E-state index is 14.0. The number of carbonyl (C=O) groups is 1. The molecule has 2 heterocycles. The third-order valence-corrected chi connectivity index (χ3v) is 4.94. The molecule has 0 aliphatic carbocycles. The topological polar surface area (TPSA) is 87.6 Å². The van der Waals surface area contributed by atoms with E-state index < -0.39 is 6.09 Å². The first kappa shape index (κ1) is 19.9. The van der Waals surface area contributed by atoms with Crippen molar-refractivity contribution in [2.24, 2.45) is 0 Å². The first-order valence-electron chi connectivity index (χ1n) is 9.88. The molecule has 1 amide bonds. The van der Waals surface area contributed by atoms with E-state index in [1.54, 1.807) is 44.2 Å². The molecule has 2 N–H and O–H groups in total.